The molecular weight excluding hydrogens is 303 g/mol. The van der Waals surface area contributed by atoms with Gasteiger partial charge in [0.15, 0.2) is 0 Å². The van der Waals surface area contributed by atoms with Gasteiger partial charge in [0.25, 0.3) is 0 Å². The SMILES string of the molecule is FC(F)(F)c1cc(Cl)ccc1OC1(CC2CCNC2)CC1. The summed E-state index contributed by atoms with van der Waals surface area (Å²) in [7, 11) is 0. The first kappa shape index (κ1) is 15.0. The quantitative estimate of drug-likeness (QED) is 0.895. The van der Waals surface area contributed by atoms with E-state index < -0.39 is 17.3 Å². The zero-order valence-corrected chi connectivity index (χ0v) is 12.2. The monoisotopic (exact) mass is 319 g/mol. The summed E-state index contributed by atoms with van der Waals surface area (Å²) in [5.41, 5.74) is -1.20. The molecule has 1 atom stereocenters. The van der Waals surface area contributed by atoms with E-state index >= 15 is 0 Å². The molecule has 2 nitrogen and oxygen atoms in total. The summed E-state index contributed by atoms with van der Waals surface area (Å²) >= 11 is 5.68. The van der Waals surface area contributed by atoms with Gasteiger partial charge in [-0.25, -0.2) is 0 Å². The average Bonchev–Trinajstić information content (AvgIpc) is 2.94. The van der Waals surface area contributed by atoms with Gasteiger partial charge in [0, 0.05) is 5.02 Å². The van der Waals surface area contributed by atoms with Gasteiger partial charge in [-0.15, -0.1) is 0 Å². The number of hydrogen-bond acceptors (Lipinski definition) is 2. The third-order valence-electron chi connectivity index (χ3n) is 4.20. The predicted molar refractivity (Wildman–Crippen MR) is 74.6 cm³/mol. The van der Waals surface area contributed by atoms with E-state index in [9.17, 15) is 13.2 Å². The third-order valence-corrected chi connectivity index (χ3v) is 4.44. The number of nitrogens with one attached hydrogen (secondary N) is 1. The molecule has 1 heterocycles. The summed E-state index contributed by atoms with van der Waals surface area (Å²) < 4.78 is 45.0. The van der Waals surface area contributed by atoms with E-state index in [1.54, 1.807) is 0 Å². The fourth-order valence-corrected chi connectivity index (χ4v) is 3.12. The average molecular weight is 320 g/mol. The molecule has 1 aromatic rings. The lowest BCUT2D eigenvalue weighted by Gasteiger charge is -2.23. The Morgan fingerprint density at radius 1 is 1.33 bits per heavy atom. The molecule has 2 fully saturated rings. The first-order valence-corrected chi connectivity index (χ1v) is 7.52. The molecule has 0 bridgehead atoms. The van der Waals surface area contributed by atoms with Crippen LogP contribution >= 0.6 is 11.6 Å². The van der Waals surface area contributed by atoms with Gasteiger partial charge in [0.1, 0.15) is 11.4 Å². The molecular formula is C15H17ClF3NO. The molecule has 0 radical (unpaired) electrons. The van der Waals surface area contributed by atoms with Crippen LogP contribution in [0.3, 0.4) is 0 Å². The van der Waals surface area contributed by atoms with Crippen molar-refractivity contribution < 1.29 is 17.9 Å². The first-order valence-electron chi connectivity index (χ1n) is 7.14. The zero-order chi connectivity index (χ0) is 15.1. The van der Waals surface area contributed by atoms with Gasteiger partial charge in [-0.2, -0.15) is 13.2 Å². The topological polar surface area (TPSA) is 21.3 Å². The largest absolute Gasteiger partial charge is 0.487 e. The Hall–Kier alpha value is -0.940. The van der Waals surface area contributed by atoms with Crippen LogP contribution in [0.4, 0.5) is 13.2 Å². The third kappa shape index (κ3) is 3.46. The molecule has 6 heteroatoms. The molecule has 21 heavy (non-hydrogen) atoms. The second kappa shape index (κ2) is 5.36. The van der Waals surface area contributed by atoms with Crippen LogP contribution in [-0.2, 0) is 6.18 Å². The highest BCUT2D eigenvalue weighted by Gasteiger charge is 2.48. The van der Waals surface area contributed by atoms with Crippen molar-refractivity contribution in [1.29, 1.82) is 0 Å². The molecule has 0 spiro atoms. The minimum Gasteiger partial charge on any atom is -0.487 e. The molecule has 1 aromatic carbocycles. The summed E-state index contributed by atoms with van der Waals surface area (Å²) in [5.74, 6) is 0.393. The smallest absolute Gasteiger partial charge is 0.420 e. The normalized spacial score (nSPS) is 24.1. The molecule has 2 aliphatic rings. The molecule has 1 aliphatic carbocycles. The minimum absolute atomic E-state index is 0.0690. The lowest BCUT2D eigenvalue weighted by molar-refractivity contribution is -0.139. The van der Waals surface area contributed by atoms with Crippen LogP contribution in [0, 0.1) is 5.92 Å². The van der Waals surface area contributed by atoms with E-state index in [4.69, 9.17) is 16.3 Å². The van der Waals surface area contributed by atoms with Gasteiger partial charge >= 0.3 is 6.18 Å². The highest BCUT2D eigenvalue weighted by Crippen LogP contribution is 2.48. The molecule has 1 saturated carbocycles. The Morgan fingerprint density at radius 2 is 2.10 bits per heavy atom. The molecule has 0 amide bonds. The van der Waals surface area contributed by atoms with Crippen LogP contribution in [0.5, 0.6) is 5.75 Å². The van der Waals surface area contributed by atoms with E-state index in [1.165, 1.54) is 12.1 Å². The van der Waals surface area contributed by atoms with E-state index in [0.29, 0.717) is 5.92 Å². The lowest BCUT2D eigenvalue weighted by atomic mass is 9.99. The maximum Gasteiger partial charge on any atom is 0.420 e. The number of ether oxygens (including phenoxy) is 1. The number of hydrogen-bond donors (Lipinski definition) is 1. The fourth-order valence-electron chi connectivity index (χ4n) is 2.95. The van der Waals surface area contributed by atoms with Crippen molar-refractivity contribution in [2.75, 3.05) is 13.1 Å². The molecule has 1 aliphatic heterocycles. The summed E-state index contributed by atoms with van der Waals surface area (Å²) in [6, 6.07) is 3.71. The first-order chi connectivity index (χ1) is 9.88. The van der Waals surface area contributed by atoms with Crippen molar-refractivity contribution in [3.63, 3.8) is 0 Å². The van der Waals surface area contributed by atoms with Gasteiger partial charge in [-0.1, -0.05) is 11.6 Å². The second-order valence-corrected chi connectivity index (χ2v) is 6.42. The highest BCUT2D eigenvalue weighted by molar-refractivity contribution is 6.30. The molecule has 1 N–H and O–H groups in total. The molecule has 0 aromatic heterocycles. The number of alkyl halides is 3. The van der Waals surface area contributed by atoms with E-state index in [-0.39, 0.29) is 10.8 Å². The highest BCUT2D eigenvalue weighted by atomic mass is 35.5. The maximum atomic E-state index is 13.1. The maximum absolute atomic E-state index is 13.1. The van der Waals surface area contributed by atoms with E-state index in [0.717, 1.165) is 44.8 Å². The van der Waals surface area contributed by atoms with Crippen molar-refractivity contribution in [1.82, 2.24) is 5.32 Å². The number of halogens is 4. The van der Waals surface area contributed by atoms with Gasteiger partial charge in [0.05, 0.1) is 5.56 Å². The molecule has 1 unspecified atom stereocenters. The van der Waals surface area contributed by atoms with Crippen LogP contribution in [0.2, 0.25) is 5.02 Å². The van der Waals surface area contributed by atoms with Crippen LogP contribution in [0.25, 0.3) is 0 Å². The molecule has 1 saturated heterocycles. The molecule has 3 rings (SSSR count). The fraction of sp³-hybridized carbons (Fsp3) is 0.600. The number of benzene rings is 1. The predicted octanol–water partition coefficient (Wildman–Crippen LogP) is 4.27. The lowest BCUT2D eigenvalue weighted by Crippen LogP contribution is -2.25. The van der Waals surface area contributed by atoms with Crippen molar-refractivity contribution in [2.45, 2.75) is 37.5 Å². The minimum atomic E-state index is -4.45. The van der Waals surface area contributed by atoms with Gasteiger partial charge < -0.3 is 10.1 Å². The summed E-state index contributed by atoms with van der Waals surface area (Å²) in [6.07, 6.45) is -0.921. The Balaban J connectivity index is 1.78. The van der Waals surface area contributed by atoms with Crippen molar-refractivity contribution in [2.24, 2.45) is 5.92 Å². The van der Waals surface area contributed by atoms with Gasteiger partial charge in [-0.3, -0.25) is 0 Å². The Kier molecular flexibility index (Phi) is 3.82. The zero-order valence-electron chi connectivity index (χ0n) is 11.5. The van der Waals surface area contributed by atoms with Crippen molar-refractivity contribution in [3.8, 4) is 5.75 Å². The summed E-state index contributed by atoms with van der Waals surface area (Å²) in [6.45, 7) is 1.91. The number of rotatable bonds is 4. The van der Waals surface area contributed by atoms with Gasteiger partial charge in [-0.05, 0) is 62.9 Å². The van der Waals surface area contributed by atoms with Gasteiger partial charge in [0.2, 0.25) is 0 Å². The van der Waals surface area contributed by atoms with Crippen molar-refractivity contribution >= 4 is 11.6 Å². The standard InChI is InChI=1S/C15H17ClF3NO/c16-11-1-2-13(12(7-11)15(17,18)19)21-14(4-5-14)8-10-3-6-20-9-10/h1-2,7,10,20H,3-6,8-9H2. The van der Waals surface area contributed by atoms with Crippen LogP contribution < -0.4 is 10.1 Å². The van der Waals surface area contributed by atoms with Crippen molar-refractivity contribution in [3.05, 3.63) is 28.8 Å². The van der Waals surface area contributed by atoms with Crippen LogP contribution in [0.15, 0.2) is 18.2 Å². The second-order valence-electron chi connectivity index (χ2n) is 5.99. The van der Waals surface area contributed by atoms with E-state index in [1.807, 2.05) is 0 Å². The summed E-state index contributed by atoms with van der Waals surface area (Å²) in [5, 5.41) is 3.35. The van der Waals surface area contributed by atoms with Crippen LogP contribution in [0.1, 0.15) is 31.2 Å². The summed E-state index contributed by atoms with van der Waals surface area (Å²) in [4.78, 5) is 0. The Morgan fingerprint density at radius 3 is 2.67 bits per heavy atom. The van der Waals surface area contributed by atoms with Crippen LogP contribution in [-0.4, -0.2) is 18.7 Å². The molecule has 116 valence electrons. The Bertz CT molecular complexity index is 522. The van der Waals surface area contributed by atoms with E-state index in [2.05, 4.69) is 5.32 Å². The Labute approximate surface area is 126 Å².